The van der Waals surface area contributed by atoms with Crippen LogP contribution in [0.5, 0.6) is 0 Å². The van der Waals surface area contributed by atoms with Gasteiger partial charge < -0.3 is 5.11 Å². The van der Waals surface area contributed by atoms with Crippen LogP contribution < -0.4 is 0 Å². The van der Waals surface area contributed by atoms with Crippen molar-refractivity contribution in [3.05, 3.63) is 59.7 Å². The summed E-state index contributed by atoms with van der Waals surface area (Å²) in [5.74, 6) is -1.52. The van der Waals surface area contributed by atoms with Crippen LogP contribution in [0, 0.1) is 12.7 Å². The van der Waals surface area contributed by atoms with Crippen LogP contribution in [0.1, 0.15) is 16.1 Å². The first-order chi connectivity index (χ1) is 9.56. The van der Waals surface area contributed by atoms with Gasteiger partial charge in [0.15, 0.2) is 0 Å². The molecule has 4 nitrogen and oxygen atoms in total. The van der Waals surface area contributed by atoms with Crippen LogP contribution in [0.2, 0.25) is 0 Å². The number of aromatic nitrogens is 2. The summed E-state index contributed by atoms with van der Waals surface area (Å²) in [6.45, 7) is 1.58. The standard InChI is InChI=1S/C15H11FN2O2/c1-9-12(15(19)20)8-18(17-9)14-7-11-5-3-2-4-10(11)6-13(14)16/h2-8H,1H3,(H,19,20). The summed E-state index contributed by atoms with van der Waals surface area (Å²) in [4.78, 5) is 11.0. The smallest absolute Gasteiger partial charge is 0.339 e. The minimum atomic E-state index is -1.07. The number of rotatable bonds is 2. The largest absolute Gasteiger partial charge is 0.478 e. The van der Waals surface area contributed by atoms with Crippen LogP contribution >= 0.6 is 0 Å². The molecule has 1 N–H and O–H groups in total. The highest BCUT2D eigenvalue weighted by Crippen LogP contribution is 2.22. The summed E-state index contributed by atoms with van der Waals surface area (Å²) < 4.78 is 15.4. The molecule has 0 aliphatic carbocycles. The van der Waals surface area contributed by atoms with Crippen LogP contribution in [0.4, 0.5) is 4.39 Å². The highest BCUT2D eigenvalue weighted by Gasteiger charge is 2.15. The van der Waals surface area contributed by atoms with E-state index in [-0.39, 0.29) is 11.3 Å². The van der Waals surface area contributed by atoms with Gasteiger partial charge in [-0.3, -0.25) is 0 Å². The van der Waals surface area contributed by atoms with E-state index in [2.05, 4.69) is 5.10 Å². The molecule has 0 amide bonds. The monoisotopic (exact) mass is 270 g/mol. The van der Waals surface area contributed by atoms with E-state index < -0.39 is 11.8 Å². The predicted molar refractivity (Wildman–Crippen MR) is 72.7 cm³/mol. The molecule has 0 saturated heterocycles. The number of halogens is 1. The fraction of sp³-hybridized carbons (Fsp3) is 0.0667. The molecule has 0 fully saturated rings. The average Bonchev–Trinajstić information content (AvgIpc) is 2.80. The van der Waals surface area contributed by atoms with Gasteiger partial charge in [-0.2, -0.15) is 5.10 Å². The predicted octanol–water partition coefficient (Wildman–Crippen LogP) is 3.17. The molecular weight excluding hydrogens is 259 g/mol. The highest BCUT2D eigenvalue weighted by molar-refractivity contribution is 5.89. The second-order valence-electron chi connectivity index (χ2n) is 4.53. The van der Waals surface area contributed by atoms with Crippen LogP contribution in [0.25, 0.3) is 16.5 Å². The highest BCUT2D eigenvalue weighted by atomic mass is 19.1. The third-order valence-corrected chi connectivity index (χ3v) is 3.19. The quantitative estimate of drug-likeness (QED) is 0.778. The van der Waals surface area contributed by atoms with E-state index in [0.29, 0.717) is 5.69 Å². The van der Waals surface area contributed by atoms with Crippen molar-refractivity contribution in [2.45, 2.75) is 6.92 Å². The van der Waals surface area contributed by atoms with E-state index in [1.54, 1.807) is 13.0 Å². The molecular formula is C15H11FN2O2. The Morgan fingerprint density at radius 3 is 2.50 bits per heavy atom. The zero-order chi connectivity index (χ0) is 14.3. The number of hydrogen-bond acceptors (Lipinski definition) is 2. The summed E-state index contributed by atoms with van der Waals surface area (Å²) in [7, 11) is 0. The van der Waals surface area contributed by atoms with E-state index in [4.69, 9.17) is 5.11 Å². The zero-order valence-electron chi connectivity index (χ0n) is 10.7. The molecule has 2 aromatic carbocycles. The summed E-state index contributed by atoms with van der Waals surface area (Å²) in [5.41, 5.74) is 0.655. The maximum absolute atomic E-state index is 14.1. The lowest BCUT2D eigenvalue weighted by Crippen LogP contribution is -1.99. The van der Waals surface area contributed by atoms with Gasteiger partial charge in [0.05, 0.1) is 5.69 Å². The van der Waals surface area contributed by atoms with Gasteiger partial charge in [-0.15, -0.1) is 0 Å². The van der Waals surface area contributed by atoms with Crippen molar-refractivity contribution in [2.75, 3.05) is 0 Å². The fourth-order valence-corrected chi connectivity index (χ4v) is 2.17. The lowest BCUT2D eigenvalue weighted by Gasteiger charge is -2.05. The first-order valence-electron chi connectivity index (χ1n) is 6.04. The van der Waals surface area contributed by atoms with Gasteiger partial charge >= 0.3 is 5.97 Å². The summed E-state index contributed by atoms with van der Waals surface area (Å²) in [6.07, 6.45) is 1.32. The van der Waals surface area contributed by atoms with Crippen molar-refractivity contribution >= 4 is 16.7 Å². The fourth-order valence-electron chi connectivity index (χ4n) is 2.17. The minimum absolute atomic E-state index is 0.0672. The Bertz CT molecular complexity index is 824. The van der Waals surface area contributed by atoms with Crippen molar-refractivity contribution in [3.63, 3.8) is 0 Å². The van der Waals surface area contributed by atoms with Gasteiger partial charge in [0.25, 0.3) is 0 Å². The Balaban J connectivity index is 2.21. The number of carboxylic acids is 1. The zero-order valence-corrected chi connectivity index (χ0v) is 10.7. The van der Waals surface area contributed by atoms with Crippen LogP contribution in [-0.2, 0) is 0 Å². The Kier molecular flexibility index (Phi) is 2.75. The number of fused-ring (bicyclic) bond motifs is 1. The van der Waals surface area contributed by atoms with Gasteiger partial charge in [-0.1, -0.05) is 24.3 Å². The number of carbonyl (C=O) groups is 1. The number of aromatic carboxylic acids is 1. The molecule has 1 heterocycles. The second kappa shape index (κ2) is 4.45. The number of nitrogens with zero attached hydrogens (tertiary/aromatic N) is 2. The normalized spacial score (nSPS) is 10.9. The van der Waals surface area contributed by atoms with E-state index in [1.807, 2.05) is 24.3 Å². The molecule has 0 bridgehead atoms. The van der Waals surface area contributed by atoms with E-state index in [1.165, 1.54) is 16.9 Å². The van der Waals surface area contributed by atoms with Crippen molar-refractivity contribution in [3.8, 4) is 5.69 Å². The number of aryl methyl sites for hydroxylation is 1. The lowest BCUT2D eigenvalue weighted by atomic mass is 10.1. The summed E-state index contributed by atoms with van der Waals surface area (Å²) in [6, 6.07) is 10.5. The third-order valence-electron chi connectivity index (χ3n) is 3.19. The molecule has 0 unspecified atom stereocenters. The third kappa shape index (κ3) is 1.93. The molecule has 5 heteroatoms. The molecule has 100 valence electrons. The van der Waals surface area contributed by atoms with Gasteiger partial charge in [0.1, 0.15) is 17.1 Å². The molecule has 0 radical (unpaired) electrons. The van der Waals surface area contributed by atoms with Gasteiger partial charge in [0.2, 0.25) is 0 Å². The molecule has 0 spiro atoms. The van der Waals surface area contributed by atoms with Crippen molar-refractivity contribution in [1.29, 1.82) is 0 Å². The topological polar surface area (TPSA) is 55.1 Å². The molecule has 0 aliphatic heterocycles. The van der Waals surface area contributed by atoms with Crippen LogP contribution in [-0.4, -0.2) is 20.9 Å². The summed E-state index contributed by atoms with van der Waals surface area (Å²) in [5, 5.41) is 14.7. The molecule has 20 heavy (non-hydrogen) atoms. The molecule has 1 aromatic heterocycles. The molecule has 3 rings (SSSR count). The molecule has 0 saturated carbocycles. The number of hydrogen-bond donors (Lipinski definition) is 1. The Labute approximate surface area is 114 Å². The maximum Gasteiger partial charge on any atom is 0.339 e. The van der Waals surface area contributed by atoms with Gasteiger partial charge in [-0.05, 0) is 29.8 Å². The van der Waals surface area contributed by atoms with Crippen molar-refractivity contribution < 1.29 is 14.3 Å². The van der Waals surface area contributed by atoms with Crippen molar-refractivity contribution in [1.82, 2.24) is 9.78 Å². The molecule has 0 aliphatic rings. The lowest BCUT2D eigenvalue weighted by molar-refractivity contribution is 0.0696. The Morgan fingerprint density at radius 2 is 1.90 bits per heavy atom. The van der Waals surface area contributed by atoms with E-state index in [0.717, 1.165) is 10.8 Å². The first kappa shape index (κ1) is 12.3. The minimum Gasteiger partial charge on any atom is -0.478 e. The number of benzene rings is 2. The molecule has 0 atom stereocenters. The summed E-state index contributed by atoms with van der Waals surface area (Å²) >= 11 is 0. The van der Waals surface area contributed by atoms with Gasteiger partial charge in [0, 0.05) is 6.20 Å². The molecule has 3 aromatic rings. The number of carboxylic acid groups (broad SMARTS) is 1. The first-order valence-corrected chi connectivity index (χ1v) is 6.04. The Hall–Kier alpha value is -2.69. The van der Waals surface area contributed by atoms with E-state index >= 15 is 0 Å². The van der Waals surface area contributed by atoms with Gasteiger partial charge in [-0.25, -0.2) is 13.9 Å². The van der Waals surface area contributed by atoms with Crippen molar-refractivity contribution in [2.24, 2.45) is 0 Å². The van der Waals surface area contributed by atoms with Crippen LogP contribution in [0.3, 0.4) is 0 Å². The maximum atomic E-state index is 14.1. The van der Waals surface area contributed by atoms with E-state index in [9.17, 15) is 9.18 Å². The van der Waals surface area contributed by atoms with Crippen LogP contribution in [0.15, 0.2) is 42.6 Å². The second-order valence-corrected chi connectivity index (χ2v) is 4.53. The SMILES string of the molecule is Cc1nn(-c2cc3ccccc3cc2F)cc1C(=O)O. The Morgan fingerprint density at radius 1 is 1.25 bits per heavy atom. The average molecular weight is 270 g/mol.